The van der Waals surface area contributed by atoms with Crippen LogP contribution in [-0.4, -0.2) is 22.8 Å². The molecule has 2 aliphatic rings. The largest absolute Gasteiger partial charge is 0.314 e. The minimum absolute atomic E-state index is 0.641. The maximum absolute atomic E-state index is 4.33. The summed E-state index contributed by atoms with van der Waals surface area (Å²) in [5.41, 5.74) is 0. The molecule has 16 heavy (non-hydrogen) atoms. The first kappa shape index (κ1) is 10.7. The second-order valence-corrected chi connectivity index (χ2v) is 6.23. The number of hydrogen-bond acceptors (Lipinski definition) is 4. The van der Waals surface area contributed by atoms with E-state index < -0.39 is 0 Å². The molecule has 1 aromatic rings. The Bertz CT molecular complexity index is 355. The van der Waals surface area contributed by atoms with Crippen molar-refractivity contribution in [2.75, 3.05) is 6.54 Å². The van der Waals surface area contributed by atoms with E-state index in [1.165, 1.54) is 35.7 Å². The average Bonchev–Trinajstić information content (AvgIpc) is 3.17. The highest BCUT2D eigenvalue weighted by Crippen LogP contribution is 2.42. The van der Waals surface area contributed by atoms with Crippen LogP contribution in [0, 0.1) is 5.92 Å². The van der Waals surface area contributed by atoms with Crippen molar-refractivity contribution in [3.05, 3.63) is 10.0 Å². The minimum Gasteiger partial charge on any atom is -0.314 e. The van der Waals surface area contributed by atoms with Crippen LogP contribution in [0.1, 0.15) is 48.5 Å². The second-order valence-electron chi connectivity index (χ2n) is 5.14. The summed E-state index contributed by atoms with van der Waals surface area (Å²) < 4.78 is 0. The topological polar surface area (TPSA) is 37.8 Å². The van der Waals surface area contributed by atoms with E-state index in [1.54, 1.807) is 0 Å². The fourth-order valence-corrected chi connectivity index (χ4v) is 3.01. The van der Waals surface area contributed by atoms with Gasteiger partial charge in [-0.15, -0.1) is 21.5 Å². The molecule has 2 fully saturated rings. The Morgan fingerprint density at radius 1 is 1.31 bits per heavy atom. The molecule has 0 bridgehead atoms. The molecule has 0 aliphatic heterocycles. The molecule has 1 unspecified atom stereocenters. The number of rotatable bonds is 6. The molecule has 0 saturated heterocycles. The normalized spacial score (nSPS) is 22.3. The van der Waals surface area contributed by atoms with Crippen molar-refractivity contribution in [1.82, 2.24) is 15.5 Å². The zero-order valence-electron chi connectivity index (χ0n) is 9.78. The van der Waals surface area contributed by atoms with Crippen LogP contribution >= 0.6 is 11.3 Å². The van der Waals surface area contributed by atoms with Gasteiger partial charge in [0.05, 0.1) is 0 Å². The van der Waals surface area contributed by atoms with Crippen molar-refractivity contribution < 1.29 is 0 Å². The van der Waals surface area contributed by atoms with E-state index in [1.807, 2.05) is 11.3 Å². The van der Waals surface area contributed by atoms with Crippen LogP contribution in [0.25, 0.3) is 0 Å². The van der Waals surface area contributed by atoms with Gasteiger partial charge in [0, 0.05) is 24.9 Å². The lowest BCUT2D eigenvalue weighted by Crippen LogP contribution is -2.19. The maximum atomic E-state index is 4.33. The van der Waals surface area contributed by atoms with Crippen LogP contribution in [0.4, 0.5) is 0 Å². The van der Waals surface area contributed by atoms with Crippen LogP contribution in [0.5, 0.6) is 0 Å². The van der Waals surface area contributed by atoms with Crippen molar-refractivity contribution in [2.24, 2.45) is 5.92 Å². The Morgan fingerprint density at radius 2 is 2.12 bits per heavy atom. The van der Waals surface area contributed by atoms with E-state index in [9.17, 15) is 0 Å². The summed E-state index contributed by atoms with van der Waals surface area (Å²) in [6, 6.07) is 0.803. The average molecular weight is 237 g/mol. The van der Waals surface area contributed by atoms with Crippen molar-refractivity contribution in [3.8, 4) is 0 Å². The monoisotopic (exact) mass is 237 g/mol. The van der Waals surface area contributed by atoms with Crippen molar-refractivity contribution in [3.63, 3.8) is 0 Å². The van der Waals surface area contributed by atoms with Crippen LogP contribution < -0.4 is 5.32 Å². The molecule has 2 saturated carbocycles. The molecule has 2 aliphatic carbocycles. The number of hydrogen-bond donors (Lipinski definition) is 1. The molecule has 3 rings (SSSR count). The zero-order chi connectivity index (χ0) is 11.0. The summed E-state index contributed by atoms with van der Waals surface area (Å²) in [5.74, 6) is 1.54. The van der Waals surface area contributed by atoms with Gasteiger partial charge in [-0.3, -0.25) is 0 Å². The molecule has 1 N–H and O–H groups in total. The van der Waals surface area contributed by atoms with E-state index in [-0.39, 0.29) is 0 Å². The Balaban J connectivity index is 1.50. The molecule has 4 heteroatoms. The van der Waals surface area contributed by atoms with E-state index in [0.29, 0.717) is 5.92 Å². The molecule has 1 aromatic heterocycles. The van der Waals surface area contributed by atoms with Gasteiger partial charge < -0.3 is 5.32 Å². The summed E-state index contributed by atoms with van der Waals surface area (Å²) in [6.45, 7) is 3.36. The van der Waals surface area contributed by atoms with Gasteiger partial charge in [0.1, 0.15) is 10.0 Å². The van der Waals surface area contributed by atoms with Gasteiger partial charge in [-0.05, 0) is 31.6 Å². The minimum atomic E-state index is 0.641. The Hall–Kier alpha value is -0.480. The van der Waals surface area contributed by atoms with E-state index in [0.717, 1.165) is 24.9 Å². The highest BCUT2D eigenvalue weighted by molar-refractivity contribution is 7.11. The third kappa shape index (κ3) is 2.61. The number of nitrogens with zero attached hydrogens (tertiary/aromatic N) is 2. The molecule has 0 radical (unpaired) electrons. The second kappa shape index (κ2) is 4.41. The smallest absolute Gasteiger partial charge is 0.120 e. The van der Waals surface area contributed by atoms with Crippen LogP contribution in [0.2, 0.25) is 0 Å². The molecular weight excluding hydrogens is 218 g/mol. The van der Waals surface area contributed by atoms with Gasteiger partial charge in [0.15, 0.2) is 0 Å². The Kier molecular flexibility index (Phi) is 2.94. The predicted octanol–water partition coefficient (Wildman–Crippen LogP) is 2.35. The van der Waals surface area contributed by atoms with Gasteiger partial charge in [0.25, 0.3) is 0 Å². The van der Waals surface area contributed by atoms with Crippen LogP contribution in [0.15, 0.2) is 0 Å². The lowest BCUT2D eigenvalue weighted by Gasteiger charge is -2.02. The van der Waals surface area contributed by atoms with Gasteiger partial charge in [-0.1, -0.05) is 6.92 Å². The first-order valence-corrected chi connectivity index (χ1v) is 7.20. The lowest BCUT2D eigenvalue weighted by atomic mass is 10.1. The van der Waals surface area contributed by atoms with Crippen molar-refractivity contribution in [1.29, 1.82) is 0 Å². The van der Waals surface area contributed by atoms with E-state index >= 15 is 0 Å². The molecule has 0 aromatic carbocycles. The lowest BCUT2D eigenvalue weighted by molar-refractivity contribution is 0.648. The standard InChI is InChI=1S/C12H19N3S/c1-8(9-2-3-9)12-15-14-11(16-12)6-7-13-10-4-5-10/h8-10,13H,2-7H2,1H3. The maximum Gasteiger partial charge on any atom is 0.120 e. The molecule has 1 heterocycles. The predicted molar refractivity (Wildman–Crippen MR) is 65.8 cm³/mol. The SMILES string of the molecule is CC(c1nnc(CCNC2CC2)s1)C1CC1. The zero-order valence-corrected chi connectivity index (χ0v) is 10.6. The van der Waals surface area contributed by atoms with Crippen molar-refractivity contribution >= 4 is 11.3 Å². The summed E-state index contributed by atoms with van der Waals surface area (Å²) in [7, 11) is 0. The summed E-state index contributed by atoms with van der Waals surface area (Å²) in [4.78, 5) is 0. The molecule has 88 valence electrons. The summed E-state index contributed by atoms with van der Waals surface area (Å²) in [5, 5.41) is 14.6. The van der Waals surface area contributed by atoms with Gasteiger partial charge in [0.2, 0.25) is 0 Å². The first-order chi connectivity index (χ1) is 7.83. The molecule has 1 atom stereocenters. The Labute approximate surface area is 101 Å². The van der Waals surface area contributed by atoms with Gasteiger partial charge in [-0.25, -0.2) is 0 Å². The highest BCUT2D eigenvalue weighted by Gasteiger charge is 2.31. The molecule has 3 nitrogen and oxygen atoms in total. The summed E-state index contributed by atoms with van der Waals surface area (Å²) >= 11 is 1.82. The van der Waals surface area contributed by atoms with Crippen LogP contribution in [0.3, 0.4) is 0 Å². The number of nitrogens with one attached hydrogen (secondary N) is 1. The van der Waals surface area contributed by atoms with E-state index in [2.05, 4.69) is 22.4 Å². The quantitative estimate of drug-likeness (QED) is 0.825. The fourth-order valence-electron chi connectivity index (χ4n) is 2.02. The molecule has 0 amide bonds. The van der Waals surface area contributed by atoms with Gasteiger partial charge >= 0.3 is 0 Å². The number of aromatic nitrogens is 2. The highest BCUT2D eigenvalue weighted by atomic mass is 32.1. The van der Waals surface area contributed by atoms with Gasteiger partial charge in [-0.2, -0.15) is 0 Å². The van der Waals surface area contributed by atoms with Crippen molar-refractivity contribution in [2.45, 2.75) is 51.0 Å². The Morgan fingerprint density at radius 3 is 2.81 bits per heavy atom. The first-order valence-electron chi connectivity index (χ1n) is 6.38. The molecular formula is C12H19N3S. The van der Waals surface area contributed by atoms with Crippen LogP contribution in [-0.2, 0) is 6.42 Å². The fraction of sp³-hybridized carbons (Fsp3) is 0.833. The third-order valence-electron chi connectivity index (χ3n) is 3.55. The molecule has 0 spiro atoms. The summed E-state index contributed by atoms with van der Waals surface area (Å²) in [6.07, 6.45) is 6.55. The van der Waals surface area contributed by atoms with E-state index in [4.69, 9.17) is 0 Å². The third-order valence-corrected chi connectivity index (χ3v) is 4.73.